The summed E-state index contributed by atoms with van der Waals surface area (Å²) in [6.07, 6.45) is 3.11. The van der Waals surface area contributed by atoms with Crippen molar-refractivity contribution in [3.8, 4) is 0 Å². The molecule has 0 unspecified atom stereocenters. The first kappa shape index (κ1) is 13.0. The SMILES string of the molecule is O=C(O)CNS(=O)(=O)c1cnc2onc(C3CC3)c2c1. The van der Waals surface area contributed by atoms with Gasteiger partial charge in [0.05, 0.1) is 17.3 Å². The molecular formula is C11H11N3O5S. The largest absolute Gasteiger partial charge is 0.480 e. The lowest BCUT2D eigenvalue weighted by molar-refractivity contribution is -0.135. The Bertz CT molecular complexity index is 778. The molecule has 1 fully saturated rings. The number of sulfonamides is 1. The number of aromatic nitrogens is 2. The number of carboxylic acid groups (broad SMARTS) is 1. The van der Waals surface area contributed by atoms with Crippen LogP contribution in [-0.2, 0) is 14.8 Å². The van der Waals surface area contributed by atoms with Crippen molar-refractivity contribution in [3.63, 3.8) is 0 Å². The third-order valence-electron chi connectivity index (χ3n) is 3.02. The Morgan fingerprint density at radius 2 is 2.25 bits per heavy atom. The molecule has 1 aliphatic carbocycles. The van der Waals surface area contributed by atoms with E-state index in [1.165, 1.54) is 6.07 Å². The number of carbonyl (C=O) groups is 1. The Morgan fingerprint density at radius 3 is 2.90 bits per heavy atom. The minimum atomic E-state index is -3.91. The van der Waals surface area contributed by atoms with Gasteiger partial charge in [-0.05, 0) is 18.9 Å². The molecule has 2 aromatic heterocycles. The van der Waals surface area contributed by atoms with E-state index in [1.807, 2.05) is 4.72 Å². The summed E-state index contributed by atoms with van der Waals surface area (Å²) in [7, 11) is -3.91. The zero-order valence-electron chi connectivity index (χ0n) is 10.2. The highest BCUT2D eigenvalue weighted by atomic mass is 32.2. The summed E-state index contributed by atoms with van der Waals surface area (Å²) >= 11 is 0. The van der Waals surface area contributed by atoms with Crippen LogP contribution in [0.2, 0.25) is 0 Å². The van der Waals surface area contributed by atoms with Crippen molar-refractivity contribution in [2.24, 2.45) is 0 Å². The fourth-order valence-corrected chi connectivity index (χ4v) is 2.81. The lowest BCUT2D eigenvalue weighted by Gasteiger charge is -2.03. The van der Waals surface area contributed by atoms with Crippen LogP contribution in [0, 0.1) is 0 Å². The lowest BCUT2D eigenvalue weighted by Crippen LogP contribution is -2.29. The summed E-state index contributed by atoms with van der Waals surface area (Å²) < 4.78 is 30.9. The smallest absolute Gasteiger partial charge is 0.318 e. The van der Waals surface area contributed by atoms with E-state index in [0.29, 0.717) is 17.0 Å². The highest BCUT2D eigenvalue weighted by Crippen LogP contribution is 2.42. The second-order valence-corrected chi connectivity index (χ2v) is 6.35. The van der Waals surface area contributed by atoms with E-state index in [9.17, 15) is 13.2 Å². The minimum Gasteiger partial charge on any atom is -0.480 e. The van der Waals surface area contributed by atoms with Crippen molar-refractivity contribution in [1.29, 1.82) is 0 Å². The first-order valence-corrected chi connectivity index (χ1v) is 7.42. The van der Waals surface area contributed by atoms with Gasteiger partial charge in [-0.15, -0.1) is 0 Å². The van der Waals surface area contributed by atoms with Gasteiger partial charge in [0.1, 0.15) is 11.4 Å². The van der Waals surface area contributed by atoms with Gasteiger partial charge in [0.15, 0.2) is 0 Å². The maximum atomic E-state index is 11.9. The zero-order valence-corrected chi connectivity index (χ0v) is 11.1. The molecular weight excluding hydrogens is 286 g/mol. The molecule has 2 aromatic rings. The number of hydrogen-bond acceptors (Lipinski definition) is 6. The summed E-state index contributed by atoms with van der Waals surface area (Å²) in [5.41, 5.74) is 0.992. The number of fused-ring (bicyclic) bond motifs is 1. The topological polar surface area (TPSA) is 122 Å². The first-order valence-electron chi connectivity index (χ1n) is 5.94. The Morgan fingerprint density at radius 1 is 1.50 bits per heavy atom. The van der Waals surface area contributed by atoms with Crippen LogP contribution in [0.5, 0.6) is 0 Å². The molecule has 0 aromatic carbocycles. The Balaban J connectivity index is 1.99. The number of nitrogens with zero attached hydrogens (tertiary/aromatic N) is 2. The molecule has 0 spiro atoms. The van der Waals surface area contributed by atoms with E-state index < -0.39 is 22.5 Å². The van der Waals surface area contributed by atoms with Gasteiger partial charge in [-0.1, -0.05) is 5.16 Å². The van der Waals surface area contributed by atoms with Crippen LogP contribution in [0.1, 0.15) is 24.5 Å². The van der Waals surface area contributed by atoms with Crippen molar-refractivity contribution in [2.45, 2.75) is 23.7 Å². The van der Waals surface area contributed by atoms with Crippen LogP contribution in [-0.4, -0.2) is 36.2 Å². The molecule has 1 saturated carbocycles. The highest BCUT2D eigenvalue weighted by Gasteiger charge is 2.30. The monoisotopic (exact) mass is 297 g/mol. The van der Waals surface area contributed by atoms with Gasteiger partial charge in [0.25, 0.3) is 5.71 Å². The van der Waals surface area contributed by atoms with Crippen LogP contribution in [0.3, 0.4) is 0 Å². The van der Waals surface area contributed by atoms with E-state index in [0.717, 1.165) is 19.0 Å². The van der Waals surface area contributed by atoms with Crippen LogP contribution >= 0.6 is 0 Å². The Kier molecular flexibility index (Phi) is 2.94. The molecule has 8 nitrogen and oxygen atoms in total. The number of hydrogen-bond donors (Lipinski definition) is 2. The van der Waals surface area contributed by atoms with Gasteiger partial charge >= 0.3 is 5.97 Å². The van der Waals surface area contributed by atoms with Gasteiger partial charge < -0.3 is 9.63 Å². The lowest BCUT2D eigenvalue weighted by atomic mass is 10.2. The zero-order chi connectivity index (χ0) is 14.3. The first-order chi connectivity index (χ1) is 9.47. The van der Waals surface area contributed by atoms with Crippen LogP contribution in [0.4, 0.5) is 0 Å². The second kappa shape index (κ2) is 4.53. The van der Waals surface area contributed by atoms with Crippen LogP contribution < -0.4 is 4.72 Å². The number of aliphatic carboxylic acids is 1. The predicted octanol–water partition coefficient (Wildman–Crippen LogP) is 0.463. The quantitative estimate of drug-likeness (QED) is 0.822. The third-order valence-corrected chi connectivity index (χ3v) is 4.39. The van der Waals surface area contributed by atoms with E-state index >= 15 is 0 Å². The minimum absolute atomic E-state index is 0.101. The molecule has 0 bridgehead atoms. The summed E-state index contributed by atoms with van der Waals surface area (Å²) in [5.74, 6) is -0.964. The molecule has 106 valence electrons. The second-order valence-electron chi connectivity index (χ2n) is 4.58. The summed E-state index contributed by atoms with van der Waals surface area (Å²) in [4.78, 5) is 14.2. The average Bonchev–Trinajstić information content (AvgIpc) is 3.16. The number of carboxylic acids is 1. The van der Waals surface area contributed by atoms with Gasteiger partial charge in [0.2, 0.25) is 10.0 Å². The van der Waals surface area contributed by atoms with Crippen molar-refractivity contribution in [3.05, 3.63) is 18.0 Å². The number of rotatable bonds is 5. The molecule has 20 heavy (non-hydrogen) atoms. The van der Waals surface area contributed by atoms with Crippen molar-refractivity contribution in [1.82, 2.24) is 14.9 Å². The van der Waals surface area contributed by atoms with Crippen molar-refractivity contribution < 1.29 is 22.8 Å². The number of nitrogens with one attached hydrogen (secondary N) is 1. The average molecular weight is 297 g/mol. The van der Waals surface area contributed by atoms with Crippen molar-refractivity contribution >= 4 is 27.1 Å². The molecule has 9 heteroatoms. The summed E-state index contributed by atoms with van der Waals surface area (Å²) in [6, 6.07) is 1.41. The predicted molar refractivity (Wildman–Crippen MR) is 66.6 cm³/mol. The molecule has 3 rings (SSSR count). The van der Waals surface area contributed by atoms with Crippen LogP contribution in [0.25, 0.3) is 11.1 Å². The van der Waals surface area contributed by atoms with Crippen LogP contribution in [0.15, 0.2) is 21.7 Å². The summed E-state index contributed by atoms with van der Waals surface area (Å²) in [6.45, 7) is -0.681. The fraction of sp³-hybridized carbons (Fsp3) is 0.364. The number of pyridine rings is 1. The maximum Gasteiger partial charge on any atom is 0.318 e. The molecule has 0 radical (unpaired) electrons. The van der Waals surface area contributed by atoms with Crippen molar-refractivity contribution in [2.75, 3.05) is 6.54 Å². The molecule has 0 atom stereocenters. The molecule has 0 aliphatic heterocycles. The van der Waals surface area contributed by atoms with E-state index in [-0.39, 0.29) is 10.6 Å². The van der Waals surface area contributed by atoms with Gasteiger partial charge in [0, 0.05) is 5.92 Å². The fourth-order valence-electron chi connectivity index (χ4n) is 1.87. The molecule has 2 heterocycles. The Labute approximate surface area is 113 Å². The molecule has 0 saturated heterocycles. The highest BCUT2D eigenvalue weighted by molar-refractivity contribution is 7.89. The van der Waals surface area contributed by atoms with E-state index in [1.54, 1.807) is 0 Å². The Hall–Kier alpha value is -2.00. The van der Waals surface area contributed by atoms with E-state index in [2.05, 4.69) is 10.1 Å². The van der Waals surface area contributed by atoms with Gasteiger partial charge in [-0.25, -0.2) is 13.4 Å². The maximum absolute atomic E-state index is 11.9. The van der Waals surface area contributed by atoms with Gasteiger partial charge in [-0.3, -0.25) is 4.79 Å². The van der Waals surface area contributed by atoms with Gasteiger partial charge in [-0.2, -0.15) is 4.72 Å². The molecule has 2 N–H and O–H groups in total. The normalized spacial score (nSPS) is 15.6. The molecule has 1 aliphatic rings. The standard InChI is InChI=1S/C11H11N3O5S/c15-9(16)5-13-20(17,18)7-3-8-10(6-1-2-6)14-19-11(8)12-4-7/h3-4,6,13H,1-2,5H2,(H,15,16). The third kappa shape index (κ3) is 2.37. The summed E-state index contributed by atoms with van der Waals surface area (Å²) in [5, 5.41) is 13.0. The van der Waals surface area contributed by atoms with E-state index in [4.69, 9.17) is 9.63 Å². The molecule has 0 amide bonds.